The highest BCUT2D eigenvalue weighted by atomic mass is 15.0. The molecule has 6 aromatic heterocycles. The molecule has 0 saturated heterocycles. The number of pyridine rings is 2. The van der Waals surface area contributed by atoms with Crippen LogP contribution in [0.3, 0.4) is 0 Å². The maximum absolute atomic E-state index is 5.12. The van der Waals surface area contributed by atoms with Crippen LogP contribution in [0.25, 0.3) is 244 Å². The molecule has 0 atom stereocenters. The van der Waals surface area contributed by atoms with Crippen LogP contribution in [-0.2, 0) is 0 Å². The van der Waals surface area contributed by atoms with Crippen LogP contribution < -0.4 is 0 Å². The normalized spacial score (nSPS) is 11.5. The Labute approximate surface area is 788 Å². The molecule has 6 heteroatoms. The molecule has 0 unspecified atom stereocenters. The summed E-state index contributed by atoms with van der Waals surface area (Å²) in [6, 6.07) is 188. The highest BCUT2D eigenvalue weighted by molar-refractivity contribution is 6.15. The lowest BCUT2D eigenvalue weighted by atomic mass is 9.98. The van der Waals surface area contributed by atoms with E-state index in [9.17, 15) is 0 Å². The third-order valence-electron chi connectivity index (χ3n) is 27.0. The van der Waals surface area contributed by atoms with Crippen LogP contribution in [0.4, 0.5) is 0 Å². The first kappa shape index (κ1) is 80.0. The van der Waals surface area contributed by atoms with Gasteiger partial charge in [0.1, 0.15) is 0 Å². The van der Waals surface area contributed by atoms with Gasteiger partial charge in [-0.15, -0.1) is 0 Å². The number of hydrogen-bond acceptors (Lipinski definition) is 2. The van der Waals surface area contributed by atoms with Crippen LogP contribution >= 0.6 is 0 Å². The van der Waals surface area contributed by atoms with Crippen LogP contribution in [0.5, 0.6) is 0 Å². The van der Waals surface area contributed by atoms with E-state index in [1.807, 2.05) is 24.3 Å². The molecule has 6 heterocycles. The quantitative estimate of drug-likeness (QED) is 0.0968. The highest BCUT2D eigenvalue weighted by Crippen LogP contribution is 2.45. The average molecular weight is 1730 g/mol. The summed E-state index contributed by atoms with van der Waals surface area (Å²) >= 11 is 0. The van der Waals surface area contributed by atoms with Gasteiger partial charge in [0.25, 0.3) is 0 Å². The van der Waals surface area contributed by atoms with Crippen LogP contribution in [0.1, 0.15) is 0 Å². The molecule has 0 aliphatic carbocycles. The van der Waals surface area contributed by atoms with Crippen molar-refractivity contribution in [3.63, 3.8) is 0 Å². The average Bonchev–Trinajstić information content (AvgIpc) is 1.60. The Morgan fingerprint density at radius 2 is 0.301 bits per heavy atom. The van der Waals surface area contributed by atoms with Gasteiger partial charge < -0.3 is 18.3 Å². The summed E-state index contributed by atoms with van der Waals surface area (Å²) in [5.41, 5.74) is 41.1. The molecule has 0 aliphatic rings. The Bertz CT molecular complexity index is 8820. The van der Waals surface area contributed by atoms with Crippen molar-refractivity contribution in [2.45, 2.75) is 0 Å². The van der Waals surface area contributed by atoms with E-state index >= 15 is 0 Å². The summed E-state index contributed by atoms with van der Waals surface area (Å²) in [7, 11) is 0. The van der Waals surface area contributed by atoms with Crippen LogP contribution in [0, 0.1) is 0 Å². The van der Waals surface area contributed by atoms with Gasteiger partial charge in [0.05, 0.1) is 66.9 Å². The monoisotopic (exact) mass is 1730 g/mol. The molecule has 26 aromatic rings. The Hall–Kier alpha value is -18.1. The molecule has 0 spiro atoms. The maximum Gasteiger partial charge on any atom is 0.0715 e. The number of fused-ring (bicyclic) bond motifs is 12. The number of benzene rings is 20. The van der Waals surface area contributed by atoms with Crippen molar-refractivity contribution in [2.24, 2.45) is 0 Å². The van der Waals surface area contributed by atoms with Crippen molar-refractivity contribution in [1.82, 2.24) is 28.2 Å². The fraction of sp³-hybridized carbons (Fsp3) is 0. The number of hydrogen-bond donors (Lipinski definition) is 0. The molecule has 636 valence electrons. The van der Waals surface area contributed by atoms with Gasteiger partial charge in [-0.25, -0.2) is 9.97 Å². The number of nitrogens with zero attached hydrogens (tertiary/aromatic N) is 6. The molecule has 0 N–H and O–H groups in total. The van der Waals surface area contributed by atoms with E-state index in [2.05, 4.69) is 516 Å². The summed E-state index contributed by atoms with van der Waals surface area (Å²) < 4.78 is 9.68. The lowest BCUT2D eigenvalue weighted by Crippen LogP contribution is -1.96. The molecule has 136 heavy (non-hydrogen) atoms. The van der Waals surface area contributed by atoms with Gasteiger partial charge in [0, 0.05) is 88.1 Å². The SMILES string of the molecule is c1ccc(-c2cc(-c3ccccc3)cc(-n3c4ccccc4c4ccc(-c5ccc6c(c5)c5ccccc5n6-c5ccc(-c6cc(-c7ccccc7)nc(-c7ccccc7)c6)cc5)cc43)c2)cc1.c1ccc(-c2ccc(-c3ccc(-n4c5ccccc5c5ccc(-c6ccc7c(c6)c6ccccc6n7-c6ccc(-c7cc(-c8ccccc8)nc(-c8ccccc8)c7)cc6)cc54)cc3)cc2)cc1. The summed E-state index contributed by atoms with van der Waals surface area (Å²) in [5.74, 6) is 0. The molecular formula is C130H86N6. The summed E-state index contributed by atoms with van der Waals surface area (Å²) in [6.07, 6.45) is 0. The molecule has 26 rings (SSSR count). The van der Waals surface area contributed by atoms with Gasteiger partial charge in [-0.2, -0.15) is 0 Å². The molecule has 0 amide bonds. The maximum atomic E-state index is 5.12. The third-order valence-corrected chi connectivity index (χ3v) is 27.0. The van der Waals surface area contributed by atoms with E-state index in [-0.39, 0.29) is 0 Å². The Balaban J connectivity index is 0.000000145. The topological polar surface area (TPSA) is 45.5 Å². The second-order valence-corrected chi connectivity index (χ2v) is 35.1. The number of para-hydroxylation sites is 4. The first-order chi connectivity index (χ1) is 67.4. The molecule has 0 fully saturated rings. The van der Waals surface area contributed by atoms with E-state index in [0.29, 0.717) is 0 Å². The standard InChI is InChI=1S/2C65H43N3/c1-5-17-44(18-6-1)51-37-52(45-19-7-2-8-20-45)39-55(38-51)68-62-27-15-13-25-56(62)58-35-31-50(43-65(58)68)49-32-36-64-59(40-49)57-26-14-16-28-63(57)67(64)54-33-29-46(30-34-54)53-41-60(47-21-9-3-10-22-47)66-61(42-53)48-23-11-4-12-24-48;1-4-14-44(15-5-1)45-24-26-46(27-25-45)47-28-34-55(35-29-47)68-62-22-12-10-20-56(62)58-38-32-52(43-65(58)68)51-33-39-64-59(40-51)57-21-11-13-23-63(57)67(64)54-36-30-48(31-37-54)53-41-60(49-16-6-2-7-17-49)66-61(42-53)50-18-8-3-9-19-50/h2*1-43H. The van der Waals surface area contributed by atoms with Crippen LogP contribution in [0.2, 0.25) is 0 Å². The van der Waals surface area contributed by atoms with Gasteiger partial charge in [0.2, 0.25) is 0 Å². The summed E-state index contributed by atoms with van der Waals surface area (Å²) in [6.45, 7) is 0. The number of aromatic nitrogens is 6. The highest BCUT2D eigenvalue weighted by Gasteiger charge is 2.23. The van der Waals surface area contributed by atoms with Crippen molar-refractivity contribution in [3.05, 3.63) is 522 Å². The molecule has 0 radical (unpaired) electrons. The van der Waals surface area contributed by atoms with E-state index in [1.165, 1.54) is 154 Å². The summed E-state index contributed by atoms with van der Waals surface area (Å²) in [5, 5.41) is 9.86. The van der Waals surface area contributed by atoms with Gasteiger partial charge in [-0.1, -0.05) is 382 Å². The van der Waals surface area contributed by atoms with Crippen molar-refractivity contribution >= 4 is 87.2 Å². The minimum atomic E-state index is 0.958. The second kappa shape index (κ2) is 34.3. The molecule has 0 saturated carbocycles. The largest absolute Gasteiger partial charge is 0.309 e. The number of rotatable bonds is 16. The zero-order valence-electron chi connectivity index (χ0n) is 74.3. The fourth-order valence-electron chi connectivity index (χ4n) is 20.4. The molecule has 6 nitrogen and oxygen atoms in total. The zero-order chi connectivity index (χ0) is 89.9. The van der Waals surface area contributed by atoms with E-state index in [1.54, 1.807) is 0 Å². The van der Waals surface area contributed by atoms with E-state index < -0.39 is 0 Å². The van der Waals surface area contributed by atoms with Crippen molar-refractivity contribution < 1.29 is 0 Å². The van der Waals surface area contributed by atoms with Gasteiger partial charge in [0.15, 0.2) is 0 Å². The van der Waals surface area contributed by atoms with Gasteiger partial charge in [-0.05, 0) is 229 Å². The molecule has 0 bridgehead atoms. The molecule has 20 aromatic carbocycles. The van der Waals surface area contributed by atoms with Gasteiger partial charge in [-0.3, -0.25) is 0 Å². The summed E-state index contributed by atoms with van der Waals surface area (Å²) in [4.78, 5) is 10.2. The first-order valence-corrected chi connectivity index (χ1v) is 46.5. The van der Waals surface area contributed by atoms with Crippen molar-refractivity contribution in [3.8, 4) is 157 Å². The smallest absolute Gasteiger partial charge is 0.0715 e. The predicted octanol–water partition coefficient (Wildman–Crippen LogP) is 34.6. The van der Waals surface area contributed by atoms with Crippen molar-refractivity contribution in [1.29, 1.82) is 0 Å². The predicted molar refractivity (Wildman–Crippen MR) is 571 cm³/mol. The molecular weight excluding hydrogens is 1650 g/mol. The Morgan fingerprint density at radius 3 is 0.618 bits per heavy atom. The van der Waals surface area contributed by atoms with Crippen molar-refractivity contribution in [2.75, 3.05) is 0 Å². The fourth-order valence-corrected chi connectivity index (χ4v) is 20.4. The van der Waals surface area contributed by atoms with E-state index in [0.717, 1.165) is 90.0 Å². The molecule has 0 aliphatic heterocycles. The zero-order valence-corrected chi connectivity index (χ0v) is 74.3. The second-order valence-electron chi connectivity index (χ2n) is 35.1. The Kier molecular flexibility index (Phi) is 20.2. The third kappa shape index (κ3) is 14.8. The minimum absolute atomic E-state index is 0.958. The lowest BCUT2D eigenvalue weighted by Gasteiger charge is -2.14. The minimum Gasteiger partial charge on any atom is -0.309 e. The van der Waals surface area contributed by atoms with Crippen LogP contribution in [0.15, 0.2) is 522 Å². The van der Waals surface area contributed by atoms with E-state index in [4.69, 9.17) is 9.97 Å². The van der Waals surface area contributed by atoms with Crippen LogP contribution in [-0.4, -0.2) is 28.2 Å². The van der Waals surface area contributed by atoms with Gasteiger partial charge >= 0.3 is 0 Å². The first-order valence-electron chi connectivity index (χ1n) is 46.5. The Morgan fingerprint density at radius 1 is 0.103 bits per heavy atom. The lowest BCUT2D eigenvalue weighted by molar-refractivity contribution is 1.18.